The van der Waals surface area contributed by atoms with Crippen LogP contribution in [-0.4, -0.2) is 43.5 Å². The number of alkyl carbamates (subject to hydrolysis) is 1. The Morgan fingerprint density at radius 3 is 2.62 bits per heavy atom. The molecule has 0 aromatic rings. The van der Waals surface area contributed by atoms with E-state index in [2.05, 4.69) is 10.1 Å². The van der Waals surface area contributed by atoms with Gasteiger partial charge in [-0.15, -0.1) is 0 Å². The molecule has 2 N–H and O–H groups in total. The first-order chi connectivity index (χ1) is 7.65. The number of nitrogens with one attached hydrogen (secondary N) is 1. The molecule has 1 atom stereocenters. The number of carbonyl (C=O) groups is 2. The van der Waals surface area contributed by atoms with E-state index in [1.54, 1.807) is 0 Å². The largest absolute Gasteiger partial charge is 0.467 e. The van der Waals surface area contributed by atoms with Crippen LogP contribution in [0.1, 0.15) is 26.2 Å². The molecule has 0 aliphatic carbocycles. The fourth-order valence-corrected chi connectivity index (χ4v) is 1.01. The Morgan fingerprint density at radius 2 is 2.12 bits per heavy atom. The Bertz CT molecular complexity index is 219. The van der Waals surface area contributed by atoms with Gasteiger partial charge in [0.25, 0.3) is 0 Å². The van der Waals surface area contributed by atoms with Crippen molar-refractivity contribution in [3.8, 4) is 0 Å². The van der Waals surface area contributed by atoms with Crippen LogP contribution in [0.25, 0.3) is 0 Å². The van der Waals surface area contributed by atoms with Crippen molar-refractivity contribution in [3.05, 3.63) is 0 Å². The summed E-state index contributed by atoms with van der Waals surface area (Å²) in [5, 5.41) is 11.0. The highest BCUT2D eigenvalue weighted by Gasteiger charge is 2.21. The van der Waals surface area contributed by atoms with Crippen molar-refractivity contribution in [2.45, 2.75) is 32.2 Å². The Hall–Kier alpha value is -1.30. The predicted molar refractivity (Wildman–Crippen MR) is 56.9 cm³/mol. The van der Waals surface area contributed by atoms with Crippen molar-refractivity contribution in [2.24, 2.45) is 0 Å². The van der Waals surface area contributed by atoms with Gasteiger partial charge in [-0.05, 0) is 6.42 Å². The molecular weight excluding hydrogens is 214 g/mol. The van der Waals surface area contributed by atoms with Crippen molar-refractivity contribution in [1.29, 1.82) is 0 Å². The van der Waals surface area contributed by atoms with E-state index in [4.69, 9.17) is 9.84 Å². The van der Waals surface area contributed by atoms with E-state index < -0.39 is 18.1 Å². The van der Waals surface area contributed by atoms with Crippen molar-refractivity contribution < 1.29 is 24.2 Å². The number of amides is 1. The SMILES string of the molecule is CCCCOC(=O)NC(CCO)C(=O)OC. The molecule has 0 fully saturated rings. The lowest BCUT2D eigenvalue weighted by Gasteiger charge is -2.15. The number of esters is 1. The molecule has 0 heterocycles. The van der Waals surface area contributed by atoms with Gasteiger partial charge in [-0.2, -0.15) is 0 Å². The molecule has 6 nitrogen and oxygen atoms in total. The summed E-state index contributed by atoms with van der Waals surface area (Å²) in [5.74, 6) is -0.596. The summed E-state index contributed by atoms with van der Waals surface area (Å²) in [6.45, 7) is 2.08. The van der Waals surface area contributed by atoms with Gasteiger partial charge in [0, 0.05) is 13.0 Å². The minimum atomic E-state index is -0.857. The molecule has 0 bridgehead atoms. The number of aliphatic hydroxyl groups excluding tert-OH is 1. The van der Waals surface area contributed by atoms with E-state index in [1.807, 2.05) is 6.92 Å². The minimum Gasteiger partial charge on any atom is -0.467 e. The smallest absolute Gasteiger partial charge is 0.407 e. The van der Waals surface area contributed by atoms with Gasteiger partial charge in [0.2, 0.25) is 0 Å². The molecule has 6 heteroatoms. The fourth-order valence-electron chi connectivity index (χ4n) is 1.01. The minimum absolute atomic E-state index is 0.107. The monoisotopic (exact) mass is 233 g/mol. The van der Waals surface area contributed by atoms with Crippen LogP contribution < -0.4 is 5.32 Å². The zero-order chi connectivity index (χ0) is 12.4. The van der Waals surface area contributed by atoms with E-state index in [0.717, 1.165) is 12.8 Å². The van der Waals surface area contributed by atoms with Crippen molar-refractivity contribution in [3.63, 3.8) is 0 Å². The van der Waals surface area contributed by atoms with Crippen molar-refractivity contribution in [1.82, 2.24) is 5.32 Å². The maximum atomic E-state index is 11.2. The van der Waals surface area contributed by atoms with Gasteiger partial charge in [-0.25, -0.2) is 9.59 Å². The summed E-state index contributed by atoms with van der Waals surface area (Å²) in [5.41, 5.74) is 0. The lowest BCUT2D eigenvalue weighted by atomic mass is 10.2. The lowest BCUT2D eigenvalue weighted by Crippen LogP contribution is -2.42. The van der Waals surface area contributed by atoms with E-state index in [0.29, 0.717) is 6.61 Å². The maximum Gasteiger partial charge on any atom is 0.407 e. The molecule has 1 amide bonds. The van der Waals surface area contributed by atoms with Crippen molar-refractivity contribution >= 4 is 12.1 Å². The molecule has 0 saturated heterocycles. The Kier molecular flexibility index (Phi) is 8.24. The van der Waals surface area contributed by atoms with E-state index in [1.165, 1.54) is 7.11 Å². The normalized spacial score (nSPS) is 11.7. The molecule has 0 spiro atoms. The summed E-state index contributed by atoms with van der Waals surface area (Å²) >= 11 is 0. The quantitative estimate of drug-likeness (QED) is 0.492. The first-order valence-electron chi connectivity index (χ1n) is 5.27. The Labute approximate surface area is 94.9 Å². The standard InChI is InChI=1S/C10H19NO5/c1-3-4-7-16-10(14)11-8(5-6-12)9(13)15-2/h8,12H,3-7H2,1-2H3,(H,11,14). The maximum absolute atomic E-state index is 11.2. The van der Waals surface area contributed by atoms with E-state index in [-0.39, 0.29) is 13.0 Å². The fraction of sp³-hybridized carbons (Fsp3) is 0.800. The molecule has 94 valence electrons. The second-order valence-electron chi connectivity index (χ2n) is 3.22. The summed E-state index contributed by atoms with van der Waals surface area (Å²) in [7, 11) is 1.22. The van der Waals surface area contributed by atoms with Gasteiger partial charge in [0.05, 0.1) is 13.7 Å². The molecule has 0 radical (unpaired) electrons. The second kappa shape index (κ2) is 8.96. The number of hydrogen-bond donors (Lipinski definition) is 2. The predicted octanol–water partition coefficient (Wildman–Crippen LogP) is 0.437. The third-order valence-electron chi connectivity index (χ3n) is 1.93. The first-order valence-corrected chi connectivity index (χ1v) is 5.27. The number of aliphatic hydroxyl groups is 1. The lowest BCUT2D eigenvalue weighted by molar-refractivity contribution is -0.143. The number of methoxy groups -OCH3 is 1. The average Bonchev–Trinajstić information content (AvgIpc) is 2.28. The van der Waals surface area contributed by atoms with Gasteiger partial charge in [-0.3, -0.25) is 0 Å². The van der Waals surface area contributed by atoms with Crippen LogP contribution in [0.4, 0.5) is 4.79 Å². The zero-order valence-electron chi connectivity index (χ0n) is 9.69. The topological polar surface area (TPSA) is 84.9 Å². The van der Waals surface area contributed by atoms with Crippen LogP contribution >= 0.6 is 0 Å². The van der Waals surface area contributed by atoms with Crippen molar-refractivity contribution in [2.75, 3.05) is 20.3 Å². The molecule has 0 aliphatic rings. The number of carbonyl (C=O) groups excluding carboxylic acids is 2. The van der Waals surface area contributed by atoms with Gasteiger partial charge in [0.1, 0.15) is 6.04 Å². The van der Waals surface area contributed by atoms with Crippen LogP contribution in [0.3, 0.4) is 0 Å². The number of rotatable bonds is 7. The van der Waals surface area contributed by atoms with Crippen LogP contribution in [0, 0.1) is 0 Å². The number of ether oxygens (including phenoxy) is 2. The van der Waals surface area contributed by atoms with Crippen LogP contribution in [-0.2, 0) is 14.3 Å². The molecule has 0 saturated carbocycles. The van der Waals surface area contributed by atoms with Crippen LogP contribution in [0.15, 0.2) is 0 Å². The van der Waals surface area contributed by atoms with Gasteiger partial charge in [-0.1, -0.05) is 13.3 Å². The third-order valence-corrected chi connectivity index (χ3v) is 1.93. The number of hydrogen-bond acceptors (Lipinski definition) is 5. The molecule has 1 unspecified atom stereocenters. The highest BCUT2D eigenvalue weighted by Crippen LogP contribution is 1.96. The molecule has 0 aromatic carbocycles. The van der Waals surface area contributed by atoms with Gasteiger partial charge >= 0.3 is 12.1 Å². The number of unbranched alkanes of at least 4 members (excludes halogenated alkanes) is 1. The Morgan fingerprint density at radius 1 is 1.44 bits per heavy atom. The highest BCUT2D eigenvalue weighted by atomic mass is 16.6. The van der Waals surface area contributed by atoms with E-state index in [9.17, 15) is 9.59 Å². The first kappa shape index (κ1) is 14.7. The summed E-state index contributed by atoms with van der Waals surface area (Å²) in [6.07, 6.45) is 1.13. The van der Waals surface area contributed by atoms with E-state index >= 15 is 0 Å². The third kappa shape index (κ3) is 6.23. The van der Waals surface area contributed by atoms with Crippen LogP contribution in [0.5, 0.6) is 0 Å². The average molecular weight is 233 g/mol. The molecule has 16 heavy (non-hydrogen) atoms. The summed E-state index contributed by atoms with van der Waals surface area (Å²) in [4.78, 5) is 22.4. The van der Waals surface area contributed by atoms with Crippen LogP contribution in [0.2, 0.25) is 0 Å². The zero-order valence-corrected chi connectivity index (χ0v) is 9.69. The Balaban J connectivity index is 3.97. The van der Waals surface area contributed by atoms with Gasteiger partial charge < -0.3 is 19.9 Å². The molecule has 0 rings (SSSR count). The highest BCUT2D eigenvalue weighted by molar-refractivity contribution is 5.81. The molecule has 0 aromatic heterocycles. The summed E-state index contributed by atoms with van der Waals surface area (Å²) < 4.78 is 9.29. The second-order valence-corrected chi connectivity index (χ2v) is 3.22. The molecule has 0 aliphatic heterocycles. The molecular formula is C10H19NO5. The van der Waals surface area contributed by atoms with Gasteiger partial charge in [0.15, 0.2) is 0 Å². The summed E-state index contributed by atoms with van der Waals surface area (Å²) in [6, 6.07) is -0.857.